The van der Waals surface area contributed by atoms with Crippen LogP contribution in [-0.2, 0) is 11.3 Å². The summed E-state index contributed by atoms with van der Waals surface area (Å²) in [6.45, 7) is 0.810. The molecular weight excluding hydrogens is 234 g/mol. The van der Waals surface area contributed by atoms with E-state index in [4.69, 9.17) is 0 Å². The van der Waals surface area contributed by atoms with Crippen LogP contribution in [-0.4, -0.2) is 5.78 Å². The molecule has 4 rings (SSSR count). The Balaban J connectivity index is 1.52. The number of carbonyl (C=O) groups is 1. The van der Waals surface area contributed by atoms with Gasteiger partial charge < -0.3 is 5.32 Å². The first-order chi connectivity index (χ1) is 9.33. The summed E-state index contributed by atoms with van der Waals surface area (Å²) in [4.78, 5) is 12.1. The van der Waals surface area contributed by atoms with Gasteiger partial charge in [0.25, 0.3) is 0 Å². The van der Waals surface area contributed by atoms with Crippen LogP contribution in [0.4, 0.5) is 0 Å². The highest BCUT2D eigenvalue weighted by Crippen LogP contribution is 2.53. The van der Waals surface area contributed by atoms with Crippen LogP contribution in [0, 0.1) is 23.7 Å². The van der Waals surface area contributed by atoms with Gasteiger partial charge in [0.1, 0.15) is 0 Å². The minimum Gasteiger partial charge on any atom is -0.384 e. The Kier molecular flexibility index (Phi) is 2.37. The maximum atomic E-state index is 12.1. The van der Waals surface area contributed by atoms with E-state index >= 15 is 0 Å². The average molecular weight is 251 g/mol. The van der Waals surface area contributed by atoms with Crippen molar-refractivity contribution in [3.63, 3.8) is 0 Å². The van der Waals surface area contributed by atoms with Gasteiger partial charge in [0.05, 0.1) is 0 Å². The fourth-order valence-corrected chi connectivity index (χ4v) is 3.95. The van der Waals surface area contributed by atoms with Crippen molar-refractivity contribution in [1.82, 2.24) is 5.32 Å². The molecule has 4 atom stereocenters. The lowest BCUT2D eigenvalue weighted by molar-refractivity contribution is -0.118. The van der Waals surface area contributed by atoms with Gasteiger partial charge in [-0.05, 0) is 23.8 Å². The minimum absolute atomic E-state index is 0.230. The van der Waals surface area contributed by atoms with Crippen LogP contribution in [0.25, 0.3) is 0 Å². The molecule has 19 heavy (non-hydrogen) atoms. The van der Waals surface area contributed by atoms with E-state index in [0.29, 0.717) is 23.5 Å². The summed E-state index contributed by atoms with van der Waals surface area (Å²) in [5, 5.41) is 3.49. The van der Waals surface area contributed by atoms with Crippen LogP contribution in [0.1, 0.15) is 12.0 Å². The van der Waals surface area contributed by atoms with Gasteiger partial charge in [-0.15, -0.1) is 0 Å². The molecule has 1 fully saturated rings. The van der Waals surface area contributed by atoms with E-state index in [1.165, 1.54) is 12.0 Å². The second-order valence-corrected chi connectivity index (χ2v) is 5.84. The number of nitrogens with one attached hydrogen (secondary N) is 1. The zero-order valence-corrected chi connectivity index (χ0v) is 10.8. The highest BCUT2D eigenvalue weighted by molar-refractivity contribution is 5.96. The molecule has 0 saturated heterocycles. The van der Waals surface area contributed by atoms with E-state index < -0.39 is 0 Å². The van der Waals surface area contributed by atoms with E-state index in [-0.39, 0.29) is 5.92 Å². The normalized spacial score (nSPS) is 34.5. The van der Waals surface area contributed by atoms with Gasteiger partial charge in [-0.3, -0.25) is 4.79 Å². The van der Waals surface area contributed by atoms with Crippen LogP contribution in [0.5, 0.6) is 0 Å². The molecule has 96 valence electrons. The van der Waals surface area contributed by atoms with Gasteiger partial charge in [0, 0.05) is 30.2 Å². The summed E-state index contributed by atoms with van der Waals surface area (Å²) >= 11 is 0. The minimum atomic E-state index is 0.230. The molecule has 0 heterocycles. The van der Waals surface area contributed by atoms with Gasteiger partial charge in [-0.1, -0.05) is 42.5 Å². The van der Waals surface area contributed by atoms with Gasteiger partial charge in [-0.2, -0.15) is 0 Å². The number of hydrogen-bond donors (Lipinski definition) is 1. The molecular formula is C17H17NO. The average Bonchev–Trinajstić information content (AvgIpc) is 3.11. The van der Waals surface area contributed by atoms with E-state index in [1.54, 1.807) is 0 Å². The van der Waals surface area contributed by atoms with Crippen molar-refractivity contribution < 1.29 is 4.79 Å². The van der Waals surface area contributed by atoms with Crippen molar-refractivity contribution in [3.05, 3.63) is 59.8 Å². The van der Waals surface area contributed by atoms with Crippen LogP contribution in [0.15, 0.2) is 54.3 Å². The molecule has 1 aromatic carbocycles. The molecule has 2 bridgehead atoms. The highest BCUT2D eigenvalue weighted by Gasteiger charge is 2.52. The molecule has 3 aliphatic carbocycles. The fraction of sp³-hybridized carbons (Fsp3) is 0.353. The first kappa shape index (κ1) is 11.0. The molecule has 1 saturated carbocycles. The second-order valence-electron chi connectivity index (χ2n) is 5.84. The van der Waals surface area contributed by atoms with Crippen LogP contribution < -0.4 is 5.32 Å². The smallest absolute Gasteiger partial charge is 0.161 e. The van der Waals surface area contributed by atoms with Crippen molar-refractivity contribution >= 4 is 5.78 Å². The van der Waals surface area contributed by atoms with Crippen LogP contribution in [0.3, 0.4) is 0 Å². The van der Waals surface area contributed by atoms with Crippen LogP contribution >= 0.6 is 0 Å². The van der Waals surface area contributed by atoms with E-state index in [0.717, 1.165) is 12.2 Å². The molecule has 0 aliphatic heterocycles. The standard InChI is InChI=1S/C17H17NO/c19-15-9-14(18-10-11-4-2-1-3-5-11)16-12-6-7-13(8-12)17(15)16/h1-7,9,12-13,16-18H,8,10H2/t12-,13+,16+,17-/m0/s1. The number of carbonyl (C=O) groups excluding carboxylic acids is 1. The summed E-state index contributed by atoms with van der Waals surface area (Å²) in [5.74, 6) is 2.06. The van der Waals surface area contributed by atoms with Crippen molar-refractivity contribution in [2.75, 3.05) is 0 Å². The van der Waals surface area contributed by atoms with Gasteiger partial charge in [0.2, 0.25) is 0 Å². The van der Waals surface area contributed by atoms with Gasteiger partial charge in [0.15, 0.2) is 5.78 Å². The molecule has 0 spiro atoms. The third kappa shape index (κ3) is 1.66. The summed E-state index contributed by atoms with van der Waals surface area (Å²) in [6.07, 6.45) is 7.58. The Morgan fingerprint density at radius 3 is 2.58 bits per heavy atom. The maximum absolute atomic E-state index is 12.1. The topological polar surface area (TPSA) is 29.1 Å². The summed E-state index contributed by atoms with van der Waals surface area (Å²) in [6, 6.07) is 10.4. The fourth-order valence-electron chi connectivity index (χ4n) is 3.95. The van der Waals surface area contributed by atoms with E-state index in [9.17, 15) is 4.79 Å². The van der Waals surface area contributed by atoms with E-state index in [2.05, 4.69) is 29.6 Å². The maximum Gasteiger partial charge on any atom is 0.161 e. The second kappa shape index (κ2) is 4.09. The SMILES string of the molecule is O=C1C=C(NCc2ccccc2)[C@@H]2[C@H]1[C@@H]1C=C[C@H]2C1. The Labute approximate surface area is 113 Å². The third-order valence-electron chi connectivity index (χ3n) is 4.78. The van der Waals surface area contributed by atoms with Gasteiger partial charge >= 0.3 is 0 Å². The molecule has 1 N–H and O–H groups in total. The largest absolute Gasteiger partial charge is 0.384 e. The number of rotatable bonds is 3. The van der Waals surface area contributed by atoms with Gasteiger partial charge in [-0.25, -0.2) is 0 Å². The zero-order chi connectivity index (χ0) is 12.8. The van der Waals surface area contributed by atoms with Crippen molar-refractivity contribution in [2.24, 2.45) is 23.7 Å². The van der Waals surface area contributed by atoms with E-state index in [1.807, 2.05) is 24.3 Å². The van der Waals surface area contributed by atoms with Crippen LogP contribution in [0.2, 0.25) is 0 Å². The predicted molar refractivity (Wildman–Crippen MR) is 74.1 cm³/mol. The molecule has 0 unspecified atom stereocenters. The third-order valence-corrected chi connectivity index (χ3v) is 4.78. The lowest BCUT2D eigenvalue weighted by Crippen LogP contribution is -2.26. The Bertz CT molecular complexity index is 572. The summed E-state index contributed by atoms with van der Waals surface area (Å²) in [5.41, 5.74) is 2.42. The highest BCUT2D eigenvalue weighted by atomic mass is 16.1. The molecule has 0 aromatic heterocycles. The quantitative estimate of drug-likeness (QED) is 0.837. The number of fused-ring (bicyclic) bond motifs is 5. The Morgan fingerprint density at radius 2 is 1.79 bits per heavy atom. The summed E-state index contributed by atoms with van der Waals surface area (Å²) in [7, 11) is 0. The number of benzene rings is 1. The zero-order valence-electron chi connectivity index (χ0n) is 10.8. The molecule has 2 heteroatoms. The molecule has 1 aromatic rings. The molecule has 0 amide bonds. The van der Waals surface area contributed by atoms with Crippen molar-refractivity contribution in [3.8, 4) is 0 Å². The predicted octanol–water partition coefficient (Wildman–Crippen LogP) is 2.68. The van der Waals surface area contributed by atoms with Crippen molar-refractivity contribution in [2.45, 2.75) is 13.0 Å². The number of hydrogen-bond acceptors (Lipinski definition) is 2. The Morgan fingerprint density at radius 1 is 1.05 bits per heavy atom. The monoisotopic (exact) mass is 251 g/mol. The lowest BCUT2D eigenvalue weighted by atomic mass is 9.84. The number of ketones is 1. The molecule has 3 aliphatic rings. The number of allylic oxidation sites excluding steroid dienone is 4. The summed E-state index contributed by atoms with van der Waals surface area (Å²) < 4.78 is 0. The molecule has 0 radical (unpaired) electrons. The lowest BCUT2D eigenvalue weighted by Gasteiger charge is -2.23. The first-order valence-electron chi connectivity index (χ1n) is 7.04. The molecule has 2 nitrogen and oxygen atoms in total. The Hall–Kier alpha value is -1.83. The van der Waals surface area contributed by atoms with Crippen molar-refractivity contribution in [1.29, 1.82) is 0 Å². The first-order valence-corrected chi connectivity index (χ1v) is 7.04.